The highest BCUT2D eigenvalue weighted by molar-refractivity contribution is 6.31. The number of nitrogens with zero attached hydrogens (tertiary/aromatic N) is 1. The second-order valence-electron chi connectivity index (χ2n) is 3.12. The van der Waals surface area contributed by atoms with Gasteiger partial charge < -0.3 is 10.0 Å². The molecule has 0 aliphatic carbocycles. The van der Waals surface area contributed by atoms with Crippen LogP contribution in [-0.2, 0) is 4.79 Å². The van der Waals surface area contributed by atoms with Crippen molar-refractivity contribution in [1.82, 2.24) is 0 Å². The van der Waals surface area contributed by atoms with Crippen LogP contribution in [0.4, 0.5) is 5.69 Å². The number of hydrogen-bond donors (Lipinski definition) is 1. The van der Waals surface area contributed by atoms with Crippen molar-refractivity contribution >= 4 is 23.3 Å². The minimum absolute atomic E-state index is 0.300. The summed E-state index contributed by atoms with van der Waals surface area (Å²) < 4.78 is 0. The monoisotopic (exact) mass is 225 g/mol. The number of para-hydroxylation sites is 1. The number of halogens is 1. The van der Waals surface area contributed by atoms with Crippen LogP contribution in [0.3, 0.4) is 0 Å². The average Bonchev–Trinajstić information content (AvgIpc) is 2.17. The van der Waals surface area contributed by atoms with Gasteiger partial charge in [-0.2, -0.15) is 0 Å². The van der Waals surface area contributed by atoms with Gasteiger partial charge in [-0.15, -0.1) is 0 Å². The molecule has 1 rings (SSSR count). The average molecular weight is 226 g/mol. The van der Waals surface area contributed by atoms with E-state index in [0.717, 1.165) is 11.8 Å². The van der Waals surface area contributed by atoms with Crippen LogP contribution in [0.5, 0.6) is 0 Å². The van der Waals surface area contributed by atoms with Crippen molar-refractivity contribution in [2.75, 3.05) is 18.5 Å². The molecule has 1 N–H and O–H groups in total. The van der Waals surface area contributed by atoms with Crippen molar-refractivity contribution < 1.29 is 9.90 Å². The summed E-state index contributed by atoms with van der Waals surface area (Å²) in [5, 5.41) is 8.79. The van der Waals surface area contributed by atoms with Gasteiger partial charge in [-0.3, -0.25) is 0 Å². The molecule has 0 aliphatic heterocycles. The van der Waals surface area contributed by atoms with Gasteiger partial charge in [0, 0.05) is 23.8 Å². The number of rotatable bonds is 4. The molecule has 0 heterocycles. The van der Waals surface area contributed by atoms with Gasteiger partial charge in [0.05, 0.1) is 6.54 Å². The normalized spacial score (nSPS) is 11.2. The Bertz CT molecular complexity index is 362. The van der Waals surface area contributed by atoms with Gasteiger partial charge in [-0.1, -0.05) is 29.8 Å². The predicted octanol–water partition coefficient (Wildman–Crippen LogP) is 2.33. The number of anilines is 1. The molecule has 3 nitrogen and oxygen atoms in total. The molecule has 80 valence electrons. The van der Waals surface area contributed by atoms with Crippen molar-refractivity contribution in [2.45, 2.75) is 0 Å². The molecule has 0 atom stereocenters. The Balaban J connectivity index is 2.64. The molecule has 0 radical (unpaired) electrons. The van der Waals surface area contributed by atoms with Crippen LogP contribution in [0, 0.1) is 0 Å². The Hall–Kier alpha value is -1.48. The Morgan fingerprint density at radius 3 is 2.60 bits per heavy atom. The maximum absolute atomic E-state index is 10.3. The summed E-state index contributed by atoms with van der Waals surface area (Å²) in [7, 11) is 1.85. The van der Waals surface area contributed by atoms with Gasteiger partial charge >= 0.3 is 5.97 Å². The van der Waals surface area contributed by atoms with Gasteiger partial charge in [0.1, 0.15) is 0 Å². The number of carbonyl (C=O) groups is 1. The second kappa shape index (κ2) is 5.41. The summed E-state index contributed by atoms with van der Waals surface area (Å²) in [6.45, 7) is 0.387. The Kier molecular flexibility index (Phi) is 4.18. The Morgan fingerprint density at radius 1 is 1.47 bits per heavy atom. The lowest BCUT2D eigenvalue weighted by molar-refractivity contribution is -0.131. The third-order valence-electron chi connectivity index (χ3n) is 1.87. The van der Waals surface area contributed by atoms with E-state index >= 15 is 0 Å². The molecular weight excluding hydrogens is 214 g/mol. The van der Waals surface area contributed by atoms with Crippen molar-refractivity contribution in [3.63, 3.8) is 0 Å². The number of hydrogen-bond acceptors (Lipinski definition) is 2. The highest BCUT2D eigenvalue weighted by atomic mass is 35.5. The molecule has 0 aliphatic rings. The standard InChI is InChI=1S/C11H12ClNO2/c1-13(8-9(12)7-11(14)15)10-5-3-2-4-6-10/h2-7H,8H2,1H3,(H,14,15). The van der Waals surface area contributed by atoms with Gasteiger partial charge in [0.25, 0.3) is 0 Å². The van der Waals surface area contributed by atoms with Crippen LogP contribution in [0.2, 0.25) is 0 Å². The number of benzene rings is 1. The van der Waals surface area contributed by atoms with E-state index < -0.39 is 5.97 Å². The third-order valence-corrected chi connectivity index (χ3v) is 2.09. The van der Waals surface area contributed by atoms with Gasteiger partial charge in [-0.05, 0) is 12.1 Å². The summed E-state index contributed by atoms with van der Waals surface area (Å²) >= 11 is 5.76. The molecular formula is C11H12ClNO2. The van der Waals surface area contributed by atoms with Crippen LogP contribution in [-0.4, -0.2) is 24.7 Å². The molecule has 0 amide bonds. The fourth-order valence-electron chi connectivity index (χ4n) is 1.18. The fraction of sp³-hybridized carbons (Fsp3) is 0.182. The van der Waals surface area contributed by atoms with Crippen LogP contribution in [0.15, 0.2) is 41.4 Å². The van der Waals surface area contributed by atoms with Crippen LogP contribution in [0.25, 0.3) is 0 Å². The Morgan fingerprint density at radius 2 is 2.07 bits per heavy atom. The number of carboxylic acids is 1. The molecule has 1 aromatic carbocycles. The van der Waals surface area contributed by atoms with E-state index in [-0.39, 0.29) is 0 Å². The van der Waals surface area contributed by atoms with E-state index in [0.29, 0.717) is 11.6 Å². The van der Waals surface area contributed by atoms with Crippen molar-refractivity contribution in [3.8, 4) is 0 Å². The molecule has 0 saturated carbocycles. The van der Waals surface area contributed by atoms with Crippen molar-refractivity contribution in [2.24, 2.45) is 0 Å². The zero-order chi connectivity index (χ0) is 11.3. The lowest BCUT2D eigenvalue weighted by atomic mass is 10.3. The maximum Gasteiger partial charge on any atom is 0.329 e. The second-order valence-corrected chi connectivity index (χ2v) is 3.61. The summed E-state index contributed by atoms with van der Waals surface area (Å²) in [5.41, 5.74) is 0.995. The van der Waals surface area contributed by atoms with Gasteiger partial charge in [-0.25, -0.2) is 4.79 Å². The summed E-state index contributed by atoms with van der Waals surface area (Å²) in [5.74, 6) is -1.03. The number of carboxylic acid groups (broad SMARTS) is 1. The van der Waals surface area contributed by atoms with E-state index in [9.17, 15) is 4.79 Å². The molecule has 1 aromatic rings. The molecule has 15 heavy (non-hydrogen) atoms. The first-order valence-electron chi connectivity index (χ1n) is 4.45. The summed E-state index contributed by atoms with van der Waals surface area (Å²) in [6.07, 6.45) is 1.00. The summed E-state index contributed by atoms with van der Waals surface area (Å²) in [6, 6.07) is 9.63. The zero-order valence-electron chi connectivity index (χ0n) is 8.35. The highest BCUT2D eigenvalue weighted by Crippen LogP contribution is 2.13. The highest BCUT2D eigenvalue weighted by Gasteiger charge is 2.03. The quantitative estimate of drug-likeness (QED) is 0.800. The first kappa shape index (κ1) is 11.6. The van der Waals surface area contributed by atoms with E-state index in [1.54, 1.807) is 0 Å². The number of aliphatic carboxylic acids is 1. The molecule has 0 bridgehead atoms. The Labute approximate surface area is 93.6 Å². The van der Waals surface area contributed by atoms with E-state index in [2.05, 4.69) is 0 Å². The molecule has 0 unspecified atom stereocenters. The van der Waals surface area contributed by atoms with Crippen LogP contribution < -0.4 is 4.90 Å². The molecule has 0 saturated heterocycles. The SMILES string of the molecule is CN(CC(Cl)=CC(=O)O)c1ccccc1. The van der Waals surface area contributed by atoms with E-state index in [4.69, 9.17) is 16.7 Å². The topological polar surface area (TPSA) is 40.5 Å². The molecule has 0 spiro atoms. The smallest absolute Gasteiger partial charge is 0.329 e. The van der Waals surface area contributed by atoms with Crippen LogP contribution >= 0.6 is 11.6 Å². The van der Waals surface area contributed by atoms with Crippen molar-refractivity contribution in [1.29, 1.82) is 0 Å². The summed E-state index contributed by atoms with van der Waals surface area (Å²) in [4.78, 5) is 12.2. The molecule has 0 aromatic heterocycles. The van der Waals surface area contributed by atoms with Gasteiger partial charge in [0.2, 0.25) is 0 Å². The molecule has 0 fully saturated rings. The fourth-order valence-corrected chi connectivity index (χ4v) is 1.45. The first-order valence-corrected chi connectivity index (χ1v) is 4.82. The largest absolute Gasteiger partial charge is 0.478 e. The lowest BCUT2D eigenvalue weighted by Gasteiger charge is -2.18. The maximum atomic E-state index is 10.3. The lowest BCUT2D eigenvalue weighted by Crippen LogP contribution is -2.18. The molecule has 4 heteroatoms. The van der Waals surface area contributed by atoms with Crippen LogP contribution in [0.1, 0.15) is 0 Å². The van der Waals surface area contributed by atoms with Crippen molar-refractivity contribution in [3.05, 3.63) is 41.4 Å². The minimum atomic E-state index is -1.03. The van der Waals surface area contributed by atoms with Gasteiger partial charge in [0.15, 0.2) is 0 Å². The number of likely N-dealkylation sites (N-methyl/N-ethyl adjacent to an activating group) is 1. The first-order chi connectivity index (χ1) is 7.09. The minimum Gasteiger partial charge on any atom is -0.478 e. The third kappa shape index (κ3) is 4.04. The van der Waals surface area contributed by atoms with E-state index in [1.165, 1.54) is 0 Å². The van der Waals surface area contributed by atoms with E-state index in [1.807, 2.05) is 42.3 Å². The predicted molar refractivity (Wildman–Crippen MR) is 61.3 cm³/mol. The zero-order valence-corrected chi connectivity index (χ0v) is 9.11.